The third-order valence-corrected chi connectivity index (χ3v) is 9.17. The summed E-state index contributed by atoms with van der Waals surface area (Å²) in [5.41, 5.74) is 2.49. The second-order valence-electron chi connectivity index (χ2n) is 10.4. The Morgan fingerprint density at radius 3 is 2.61 bits per heavy atom. The van der Waals surface area contributed by atoms with Gasteiger partial charge in [-0.05, 0) is 68.5 Å². The minimum absolute atomic E-state index is 0.0626. The molecule has 5 nitrogen and oxygen atoms in total. The van der Waals surface area contributed by atoms with Gasteiger partial charge in [-0.1, -0.05) is 30.3 Å². The summed E-state index contributed by atoms with van der Waals surface area (Å²) in [4.78, 5) is 16.5. The number of likely N-dealkylation sites (tertiary alicyclic amines) is 1. The number of aliphatic hydroxyl groups is 1. The van der Waals surface area contributed by atoms with E-state index in [0.29, 0.717) is 37.0 Å². The number of Topliss-reactive ketones (excluding diaryl/α,β-unsaturated/α-hetero) is 1. The van der Waals surface area contributed by atoms with Gasteiger partial charge >= 0.3 is 0 Å². The van der Waals surface area contributed by atoms with E-state index in [2.05, 4.69) is 30.1 Å². The highest BCUT2D eigenvalue weighted by Crippen LogP contribution is 2.67. The van der Waals surface area contributed by atoms with Crippen molar-refractivity contribution in [1.29, 1.82) is 5.26 Å². The predicted molar refractivity (Wildman–Crippen MR) is 113 cm³/mol. The van der Waals surface area contributed by atoms with E-state index in [-0.39, 0.29) is 11.8 Å². The van der Waals surface area contributed by atoms with Gasteiger partial charge < -0.3 is 14.7 Å². The lowest BCUT2D eigenvalue weighted by Crippen LogP contribution is -2.79. The maximum Gasteiger partial charge on any atom is 0.181 e. The lowest BCUT2D eigenvalue weighted by molar-refractivity contribution is -0.206. The van der Waals surface area contributed by atoms with Crippen LogP contribution in [0, 0.1) is 16.7 Å². The number of rotatable bonds is 0. The van der Waals surface area contributed by atoms with Crippen LogP contribution in [-0.2, 0) is 29.5 Å². The van der Waals surface area contributed by atoms with Crippen molar-refractivity contribution in [3.63, 3.8) is 0 Å². The van der Waals surface area contributed by atoms with Gasteiger partial charge in [-0.15, -0.1) is 0 Å². The molecule has 0 amide bonds. The number of carbonyl (C=O) groups is 1. The molecular weight excluding hydrogens is 388 g/mol. The zero-order valence-corrected chi connectivity index (χ0v) is 17.5. The first-order valence-electron chi connectivity index (χ1n) is 11.2. The van der Waals surface area contributed by atoms with Gasteiger partial charge in [0.1, 0.15) is 11.8 Å². The topological polar surface area (TPSA) is 73.6 Å². The summed E-state index contributed by atoms with van der Waals surface area (Å²) in [7, 11) is 2.09. The SMILES string of the molecule is CN1CC[C@]23c4c5ccc(C#N)c4OC2C(=O)C2(Cc4ccccc4C2)CC3(O)[C@H]1C5. The maximum atomic E-state index is 14.2. The molecule has 2 unspecified atom stereocenters. The first-order valence-corrected chi connectivity index (χ1v) is 11.2. The van der Waals surface area contributed by atoms with Crippen molar-refractivity contribution in [3.8, 4) is 11.8 Å². The molecule has 7 rings (SSSR count). The third-order valence-electron chi connectivity index (χ3n) is 9.17. The van der Waals surface area contributed by atoms with Crippen LogP contribution in [0.3, 0.4) is 0 Å². The summed E-state index contributed by atoms with van der Waals surface area (Å²) in [6.07, 6.45) is 2.44. The lowest BCUT2D eigenvalue weighted by atomic mass is 9.44. The first kappa shape index (κ1) is 17.9. The van der Waals surface area contributed by atoms with Crippen molar-refractivity contribution in [1.82, 2.24) is 4.90 Å². The maximum absolute atomic E-state index is 14.2. The highest BCUT2D eigenvalue weighted by Gasteiger charge is 2.77. The monoisotopic (exact) mass is 412 g/mol. The molecule has 2 bridgehead atoms. The molecule has 2 heterocycles. The average Bonchev–Trinajstić information content (AvgIpc) is 3.30. The number of benzene rings is 2. The minimum atomic E-state index is -1.06. The fourth-order valence-electron chi connectivity index (χ4n) is 7.89. The van der Waals surface area contributed by atoms with Crippen LogP contribution in [0.5, 0.6) is 5.75 Å². The smallest absolute Gasteiger partial charge is 0.181 e. The predicted octanol–water partition coefficient (Wildman–Crippen LogP) is 2.31. The highest BCUT2D eigenvalue weighted by molar-refractivity contribution is 5.96. The molecule has 0 radical (unpaired) electrons. The molecule has 2 aromatic rings. The molecule has 3 aliphatic carbocycles. The largest absolute Gasteiger partial charge is 0.480 e. The number of likely N-dealkylation sites (N-methyl/N-ethyl adjacent to an activating group) is 1. The molecule has 31 heavy (non-hydrogen) atoms. The van der Waals surface area contributed by atoms with E-state index in [1.165, 1.54) is 11.1 Å². The summed E-state index contributed by atoms with van der Waals surface area (Å²) in [5, 5.41) is 22.4. The second kappa shape index (κ2) is 5.38. The molecule has 1 saturated heterocycles. The van der Waals surface area contributed by atoms with E-state index in [9.17, 15) is 15.2 Å². The van der Waals surface area contributed by atoms with Gasteiger partial charge in [-0.25, -0.2) is 0 Å². The van der Waals surface area contributed by atoms with E-state index in [1.54, 1.807) is 0 Å². The molecule has 1 saturated carbocycles. The van der Waals surface area contributed by atoms with E-state index >= 15 is 0 Å². The fourth-order valence-corrected chi connectivity index (χ4v) is 7.89. The minimum Gasteiger partial charge on any atom is -0.480 e. The zero-order chi connectivity index (χ0) is 21.2. The number of hydrogen-bond donors (Lipinski definition) is 1. The number of nitrogens with zero attached hydrogens (tertiary/aromatic N) is 2. The third kappa shape index (κ3) is 1.81. The van der Waals surface area contributed by atoms with Crippen LogP contribution in [0.1, 0.15) is 40.7 Å². The number of piperidine rings is 1. The molecule has 2 aromatic carbocycles. The average molecular weight is 412 g/mol. The van der Waals surface area contributed by atoms with Crippen molar-refractivity contribution in [2.24, 2.45) is 5.41 Å². The van der Waals surface area contributed by atoms with Crippen molar-refractivity contribution >= 4 is 5.78 Å². The lowest BCUT2D eigenvalue weighted by Gasteiger charge is -2.64. The Balaban J connectivity index is 1.48. The van der Waals surface area contributed by atoms with E-state index in [1.807, 2.05) is 24.3 Å². The molecule has 2 aliphatic heterocycles. The molecule has 1 N–H and O–H groups in total. The Hall–Kier alpha value is -2.68. The summed E-state index contributed by atoms with van der Waals surface area (Å²) in [6.45, 7) is 0.809. The zero-order valence-electron chi connectivity index (χ0n) is 17.5. The molecule has 2 spiro atoms. The second-order valence-corrected chi connectivity index (χ2v) is 10.4. The van der Waals surface area contributed by atoms with E-state index in [0.717, 1.165) is 24.1 Å². The summed E-state index contributed by atoms with van der Waals surface area (Å²) < 4.78 is 6.45. The fraction of sp³-hybridized carbons (Fsp3) is 0.462. The normalized spacial score (nSPS) is 36.0. The Labute approximate surface area is 181 Å². The number of hydrogen-bond acceptors (Lipinski definition) is 5. The van der Waals surface area contributed by atoms with Crippen LogP contribution in [0.2, 0.25) is 0 Å². The number of ether oxygens (including phenoxy) is 1. The van der Waals surface area contributed by atoms with Crippen LogP contribution >= 0.6 is 0 Å². The van der Waals surface area contributed by atoms with Crippen molar-refractivity contribution < 1.29 is 14.6 Å². The molecule has 5 aliphatic rings. The number of nitriles is 1. The Morgan fingerprint density at radius 2 is 1.90 bits per heavy atom. The molecule has 2 fully saturated rings. The first-order chi connectivity index (χ1) is 14.9. The quantitative estimate of drug-likeness (QED) is 0.719. The number of carbonyl (C=O) groups excluding carboxylic acids is 1. The number of ketones is 1. The van der Waals surface area contributed by atoms with Gasteiger partial charge in [-0.2, -0.15) is 5.26 Å². The van der Waals surface area contributed by atoms with E-state index in [4.69, 9.17) is 4.74 Å². The van der Waals surface area contributed by atoms with Gasteiger partial charge in [0.2, 0.25) is 0 Å². The van der Waals surface area contributed by atoms with Gasteiger partial charge in [0.05, 0.1) is 16.6 Å². The standard InChI is InChI=1S/C26H24N2O3/c1-28-9-8-25-20-15-6-7-18(13-27)21(20)31-23(25)22(29)24(14-26(25,30)19(28)10-15)11-16-4-2-3-5-17(16)12-24/h2-7,19,23,30H,8-12,14H2,1H3/t19-,23?,25+,26?/m1/s1. The Morgan fingerprint density at radius 1 is 1.16 bits per heavy atom. The van der Waals surface area contributed by atoms with Crippen LogP contribution in [0.4, 0.5) is 0 Å². The Kier molecular flexibility index (Phi) is 3.11. The molecule has 0 aromatic heterocycles. The van der Waals surface area contributed by atoms with Crippen molar-refractivity contribution in [3.05, 3.63) is 64.2 Å². The van der Waals surface area contributed by atoms with Crippen LogP contribution in [0.25, 0.3) is 0 Å². The van der Waals surface area contributed by atoms with Gasteiger partial charge in [-0.3, -0.25) is 4.79 Å². The molecular formula is C26H24N2O3. The van der Waals surface area contributed by atoms with E-state index < -0.39 is 22.5 Å². The van der Waals surface area contributed by atoms with Crippen molar-refractivity contribution in [2.45, 2.75) is 55.3 Å². The van der Waals surface area contributed by atoms with Crippen LogP contribution in [-0.4, -0.2) is 47.1 Å². The number of fused-ring (bicyclic) bond motifs is 1. The molecule has 4 atom stereocenters. The van der Waals surface area contributed by atoms with Gasteiger partial charge in [0, 0.05) is 17.0 Å². The van der Waals surface area contributed by atoms with Gasteiger partial charge in [0.25, 0.3) is 0 Å². The summed E-state index contributed by atoms with van der Waals surface area (Å²) in [5.74, 6) is 0.664. The Bertz CT molecular complexity index is 1200. The molecule has 156 valence electrons. The van der Waals surface area contributed by atoms with Crippen molar-refractivity contribution in [2.75, 3.05) is 13.6 Å². The highest BCUT2D eigenvalue weighted by atomic mass is 16.5. The van der Waals surface area contributed by atoms with Crippen LogP contribution < -0.4 is 4.74 Å². The summed E-state index contributed by atoms with van der Waals surface area (Å²) in [6, 6.07) is 14.3. The molecule has 5 heteroatoms. The van der Waals surface area contributed by atoms with Gasteiger partial charge in [0.15, 0.2) is 11.9 Å². The van der Waals surface area contributed by atoms with Crippen LogP contribution in [0.15, 0.2) is 36.4 Å². The summed E-state index contributed by atoms with van der Waals surface area (Å²) >= 11 is 0.